The maximum atomic E-state index is 4.80. The van der Waals surface area contributed by atoms with Crippen LogP contribution >= 0.6 is 12.2 Å². The summed E-state index contributed by atoms with van der Waals surface area (Å²) >= 11 is 4.80. The Bertz CT molecular complexity index is 392. The topological polar surface area (TPSA) is 17.8 Å². The molecule has 2 aromatic rings. The first-order valence-corrected chi connectivity index (χ1v) is 3.76. The molecule has 0 saturated carbocycles. The van der Waals surface area contributed by atoms with Gasteiger partial charge in [0.2, 0.25) is 0 Å². The molecular formula is C8H6N2S. The second-order valence-corrected chi connectivity index (χ2v) is 2.46. The van der Waals surface area contributed by atoms with Gasteiger partial charge in [0.05, 0.1) is 16.5 Å². The summed E-state index contributed by atoms with van der Waals surface area (Å²) in [6.45, 7) is 0. The van der Waals surface area contributed by atoms with Crippen LogP contribution in [0.1, 0.15) is 0 Å². The minimum atomic E-state index is 0.980. The van der Waals surface area contributed by atoms with Crippen molar-refractivity contribution < 1.29 is 0 Å². The lowest BCUT2D eigenvalue weighted by atomic mass is 10.3. The van der Waals surface area contributed by atoms with Crippen LogP contribution in [0.4, 0.5) is 0 Å². The normalized spacial score (nSPS) is 10.2. The second kappa shape index (κ2) is 2.43. The molecule has 0 saturated heterocycles. The Morgan fingerprint density at radius 1 is 1.36 bits per heavy atom. The molecule has 0 aliphatic rings. The SMILES string of the molecule is S=Cn1cnc2ccccc21. The molecule has 0 amide bonds. The Labute approximate surface area is 69.5 Å². The van der Waals surface area contributed by atoms with Crippen molar-refractivity contribution in [1.29, 1.82) is 0 Å². The standard InChI is InChI=1S/C8H6N2S/c11-6-10-5-9-7-3-1-2-4-8(7)10/h1-6H. The largest absolute Gasteiger partial charge is 0.296 e. The molecule has 3 heteroatoms. The summed E-state index contributed by atoms with van der Waals surface area (Å²) in [7, 11) is 0. The van der Waals surface area contributed by atoms with E-state index in [1.165, 1.54) is 0 Å². The molecule has 0 bridgehead atoms. The minimum Gasteiger partial charge on any atom is -0.296 e. The van der Waals surface area contributed by atoms with Crippen molar-refractivity contribution in [2.24, 2.45) is 0 Å². The lowest BCUT2D eigenvalue weighted by Gasteiger charge is -1.90. The van der Waals surface area contributed by atoms with Gasteiger partial charge in [-0.05, 0) is 12.1 Å². The van der Waals surface area contributed by atoms with Crippen LogP contribution in [0.2, 0.25) is 0 Å². The Morgan fingerprint density at radius 3 is 3.00 bits per heavy atom. The van der Waals surface area contributed by atoms with Crippen LogP contribution in [-0.2, 0) is 0 Å². The third kappa shape index (κ3) is 0.935. The van der Waals surface area contributed by atoms with Gasteiger partial charge in [-0.2, -0.15) is 0 Å². The monoisotopic (exact) mass is 162 g/mol. The summed E-state index contributed by atoms with van der Waals surface area (Å²) in [5.74, 6) is 0. The van der Waals surface area contributed by atoms with Crippen LogP contribution in [0.3, 0.4) is 0 Å². The number of hydrogen-bond donors (Lipinski definition) is 0. The van der Waals surface area contributed by atoms with E-state index in [4.69, 9.17) is 12.2 Å². The van der Waals surface area contributed by atoms with Gasteiger partial charge in [0.1, 0.15) is 6.33 Å². The van der Waals surface area contributed by atoms with Gasteiger partial charge in [-0.3, -0.25) is 4.57 Å². The van der Waals surface area contributed by atoms with E-state index in [0.717, 1.165) is 11.0 Å². The van der Waals surface area contributed by atoms with E-state index < -0.39 is 0 Å². The van der Waals surface area contributed by atoms with E-state index in [2.05, 4.69) is 4.98 Å². The summed E-state index contributed by atoms with van der Waals surface area (Å²) in [5.41, 5.74) is 3.62. The van der Waals surface area contributed by atoms with E-state index in [0.29, 0.717) is 0 Å². The molecule has 54 valence electrons. The van der Waals surface area contributed by atoms with Crippen molar-refractivity contribution in [1.82, 2.24) is 9.55 Å². The molecule has 0 aliphatic heterocycles. The van der Waals surface area contributed by atoms with Crippen LogP contribution in [0.5, 0.6) is 0 Å². The van der Waals surface area contributed by atoms with Crippen LogP contribution in [-0.4, -0.2) is 15.0 Å². The Morgan fingerprint density at radius 2 is 2.18 bits per heavy atom. The van der Waals surface area contributed by atoms with E-state index in [1.54, 1.807) is 11.8 Å². The van der Waals surface area contributed by atoms with Gasteiger partial charge in [-0.1, -0.05) is 24.4 Å². The molecule has 11 heavy (non-hydrogen) atoms. The minimum absolute atomic E-state index is 0.980. The summed E-state index contributed by atoms with van der Waals surface area (Å²) in [6, 6.07) is 7.89. The fourth-order valence-corrected chi connectivity index (χ4v) is 1.23. The molecule has 0 unspecified atom stereocenters. The van der Waals surface area contributed by atoms with Crippen LogP contribution in [0.15, 0.2) is 30.6 Å². The maximum absolute atomic E-state index is 4.80. The van der Waals surface area contributed by atoms with Crippen LogP contribution in [0, 0.1) is 0 Å². The first-order valence-electron chi connectivity index (χ1n) is 3.28. The molecule has 0 N–H and O–H groups in total. The molecule has 0 atom stereocenters. The maximum Gasteiger partial charge on any atom is 0.101 e. The molecule has 2 nitrogen and oxygen atoms in total. The fourth-order valence-electron chi connectivity index (χ4n) is 1.06. The summed E-state index contributed by atoms with van der Waals surface area (Å²) in [4.78, 5) is 4.15. The molecule has 0 fully saturated rings. The molecule has 0 aliphatic carbocycles. The average molecular weight is 162 g/mol. The van der Waals surface area contributed by atoms with E-state index >= 15 is 0 Å². The van der Waals surface area contributed by atoms with Gasteiger partial charge in [-0.15, -0.1) is 0 Å². The van der Waals surface area contributed by atoms with E-state index in [1.807, 2.05) is 28.8 Å². The smallest absolute Gasteiger partial charge is 0.101 e. The van der Waals surface area contributed by atoms with Crippen molar-refractivity contribution in [2.45, 2.75) is 0 Å². The molecule has 0 radical (unpaired) electrons. The highest BCUT2D eigenvalue weighted by atomic mass is 32.1. The van der Waals surface area contributed by atoms with Gasteiger partial charge in [0.25, 0.3) is 0 Å². The highest BCUT2D eigenvalue weighted by Gasteiger charge is 1.96. The van der Waals surface area contributed by atoms with Gasteiger partial charge in [0, 0.05) is 0 Å². The molecule has 2 rings (SSSR count). The average Bonchev–Trinajstić information content (AvgIpc) is 2.47. The number of aromatic nitrogens is 2. The zero-order valence-corrected chi connectivity index (χ0v) is 6.58. The number of benzene rings is 1. The predicted octanol–water partition coefficient (Wildman–Crippen LogP) is 1.84. The van der Waals surface area contributed by atoms with Gasteiger partial charge < -0.3 is 0 Å². The lowest BCUT2D eigenvalue weighted by molar-refractivity contribution is 1.22. The second-order valence-electron chi connectivity index (χ2n) is 2.25. The van der Waals surface area contributed by atoms with Crippen molar-refractivity contribution in [3.05, 3.63) is 30.6 Å². The number of nitrogens with zero attached hydrogens (tertiary/aromatic N) is 2. The van der Waals surface area contributed by atoms with Crippen molar-refractivity contribution in [3.63, 3.8) is 0 Å². The van der Waals surface area contributed by atoms with Gasteiger partial charge in [0.15, 0.2) is 0 Å². The summed E-state index contributed by atoms with van der Waals surface area (Å²) in [5, 5.41) is 0. The zero-order valence-electron chi connectivity index (χ0n) is 5.77. The number of thiocarbonyl (C=S) groups is 1. The fraction of sp³-hybridized carbons (Fsp3) is 0. The zero-order chi connectivity index (χ0) is 7.68. The number of rotatable bonds is 1. The molecular weight excluding hydrogens is 156 g/mol. The first-order chi connectivity index (χ1) is 5.42. The van der Waals surface area contributed by atoms with E-state index in [9.17, 15) is 0 Å². The third-order valence-electron chi connectivity index (χ3n) is 1.59. The number of para-hydroxylation sites is 2. The van der Waals surface area contributed by atoms with Crippen molar-refractivity contribution in [2.75, 3.05) is 0 Å². The van der Waals surface area contributed by atoms with Crippen molar-refractivity contribution in [3.8, 4) is 0 Å². The van der Waals surface area contributed by atoms with Gasteiger partial charge in [-0.25, -0.2) is 4.98 Å². The Balaban J connectivity index is 2.86. The van der Waals surface area contributed by atoms with E-state index in [-0.39, 0.29) is 0 Å². The molecule has 1 aromatic heterocycles. The highest BCUT2D eigenvalue weighted by Crippen LogP contribution is 2.09. The van der Waals surface area contributed by atoms with Crippen LogP contribution < -0.4 is 0 Å². The number of hydrogen-bond acceptors (Lipinski definition) is 2. The van der Waals surface area contributed by atoms with Crippen LogP contribution in [0.25, 0.3) is 11.0 Å². The van der Waals surface area contributed by atoms with Crippen molar-refractivity contribution >= 4 is 28.7 Å². The third-order valence-corrected chi connectivity index (χ3v) is 1.82. The first kappa shape index (κ1) is 6.49. The Hall–Kier alpha value is -1.22. The molecule has 0 spiro atoms. The molecule has 1 aromatic carbocycles. The lowest BCUT2D eigenvalue weighted by Crippen LogP contribution is -1.87. The van der Waals surface area contributed by atoms with Gasteiger partial charge >= 0.3 is 0 Å². The quantitative estimate of drug-likeness (QED) is 0.595. The number of fused-ring (bicyclic) bond motifs is 1. The number of imidazole rings is 1. The summed E-state index contributed by atoms with van der Waals surface area (Å²) in [6.07, 6.45) is 1.72. The predicted molar refractivity (Wildman–Crippen MR) is 48.8 cm³/mol. The molecule has 1 heterocycles. The summed E-state index contributed by atoms with van der Waals surface area (Å²) < 4.78 is 1.82. The highest BCUT2D eigenvalue weighted by molar-refractivity contribution is 7.78. The Kier molecular flexibility index (Phi) is 1.43.